The number of aromatic nitrogens is 3. The molecule has 3 aromatic heterocycles. The van der Waals surface area contributed by atoms with Gasteiger partial charge in [0.2, 0.25) is 5.91 Å². The van der Waals surface area contributed by atoms with Crippen LogP contribution in [-0.4, -0.2) is 69.8 Å². The number of rotatable bonds is 4. The molecule has 5 heterocycles. The van der Waals surface area contributed by atoms with Crippen molar-refractivity contribution in [2.24, 2.45) is 0 Å². The summed E-state index contributed by atoms with van der Waals surface area (Å²) in [7, 11) is 1.42. The highest BCUT2D eigenvalue weighted by molar-refractivity contribution is 6.34. The Morgan fingerprint density at radius 3 is 2.57 bits per heavy atom. The van der Waals surface area contributed by atoms with Crippen LogP contribution in [0.4, 0.5) is 20.6 Å². The number of hydrogen-bond acceptors (Lipinski definition) is 8. The normalized spacial score (nSPS) is 16.2. The van der Waals surface area contributed by atoms with Crippen molar-refractivity contribution in [1.29, 1.82) is 0 Å². The maximum atomic E-state index is 15.4. The van der Waals surface area contributed by atoms with Gasteiger partial charge in [-0.15, -0.1) is 0 Å². The second kappa shape index (κ2) is 11.8. The fourth-order valence-electron chi connectivity index (χ4n) is 6.22. The molecule has 2 aliphatic rings. The number of piperazine rings is 1. The first-order valence-electron chi connectivity index (χ1n) is 15.3. The van der Waals surface area contributed by atoms with Crippen molar-refractivity contribution < 1.29 is 23.5 Å². The molecule has 0 spiro atoms. The molecule has 0 aliphatic carbocycles. The topological polar surface area (TPSA) is 119 Å². The minimum Gasteiger partial charge on any atom is -0.496 e. The summed E-state index contributed by atoms with van der Waals surface area (Å²) >= 11 is 6.90. The molecule has 1 saturated heterocycles. The van der Waals surface area contributed by atoms with Crippen molar-refractivity contribution >= 4 is 46.0 Å². The van der Waals surface area contributed by atoms with Gasteiger partial charge in [-0.25, -0.2) is 14.2 Å². The summed E-state index contributed by atoms with van der Waals surface area (Å²) in [6, 6.07) is 7.01. The van der Waals surface area contributed by atoms with Crippen molar-refractivity contribution in [1.82, 2.24) is 19.4 Å². The van der Waals surface area contributed by atoms with Gasteiger partial charge in [-0.3, -0.25) is 19.1 Å². The van der Waals surface area contributed by atoms with E-state index in [1.807, 2.05) is 25.7 Å². The summed E-state index contributed by atoms with van der Waals surface area (Å²) in [6.07, 6.45) is 1.15. The van der Waals surface area contributed by atoms with E-state index in [4.69, 9.17) is 26.1 Å². The van der Waals surface area contributed by atoms with E-state index >= 15 is 4.39 Å². The van der Waals surface area contributed by atoms with Crippen LogP contribution in [-0.2, 0) is 9.53 Å². The predicted molar refractivity (Wildman–Crippen MR) is 178 cm³/mol. The molecule has 0 unspecified atom stereocenters. The van der Waals surface area contributed by atoms with Gasteiger partial charge in [0, 0.05) is 24.7 Å². The van der Waals surface area contributed by atoms with Crippen LogP contribution in [0.3, 0.4) is 0 Å². The molecule has 246 valence electrons. The van der Waals surface area contributed by atoms with Crippen LogP contribution in [0.1, 0.15) is 51.8 Å². The molecule has 1 N–H and O–H groups in total. The SMILES string of the molecule is COc1cccc(F)c1-c1nc2c(cc1Cl)c1c(c(=O)n2-c2c(C)ccnc2C(C)C)NC(=O)[C@H]2CN(C(=O)OC(C)(C)C)CCN12. The van der Waals surface area contributed by atoms with Crippen LogP contribution < -0.4 is 20.5 Å². The molecule has 2 amide bonds. The smallest absolute Gasteiger partial charge is 0.410 e. The number of halogens is 2. The maximum Gasteiger partial charge on any atom is 0.410 e. The monoisotopic (exact) mass is 662 g/mol. The third-order valence-electron chi connectivity index (χ3n) is 8.30. The van der Waals surface area contributed by atoms with Gasteiger partial charge in [-0.1, -0.05) is 31.5 Å². The Bertz CT molecular complexity index is 2010. The Balaban J connectivity index is 1.64. The highest BCUT2D eigenvalue weighted by Crippen LogP contribution is 2.43. The maximum absolute atomic E-state index is 15.4. The molecule has 0 radical (unpaired) electrons. The van der Waals surface area contributed by atoms with Crippen LogP contribution >= 0.6 is 11.6 Å². The minimum atomic E-state index is -0.821. The molecular weight excluding hydrogens is 627 g/mol. The standard InChI is InChI=1S/C34H36ClFN6O5/c1-17(2)25-28(18(3)11-12-37-25)42-30-19(15-20(35)26(38-30)24-21(36)9-8-10-23(24)46-7)29-27(32(42)44)39-31(43)22-16-40(13-14-41(22)29)33(45)47-34(4,5)6/h8-12,15,17,22H,13-14,16H2,1-7H3,(H,39,43)/t22-/m1/s1. The number of anilines is 2. The number of amides is 2. The second-order valence-electron chi connectivity index (χ2n) is 13.0. The van der Waals surface area contributed by atoms with Crippen molar-refractivity contribution in [3.05, 3.63) is 69.0 Å². The molecule has 1 aromatic carbocycles. The highest BCUT2D eigenvalue weighted by atomic mass is 35.5. The molecule has 13 heteroatoms. The number of methoxy groups -OCH3 is 1. The lowest BCUT2D eigenvalue weighted by atomic mass is 10.0. The summed E-state index contributed by atoms with van der Waals surface area (Å²) in [5.41, 5.74) is 1.45. The number of carbonyl (C=O) groups is 2. The Hall–Kier alpha value is -4.71. The largest absolute Gasteiger partial charge is 0.496 e. The van der Waals surface area contributed by atoms with E-state index in [1.165, 1.54) is 28.7 Å². The fraction of sp³-hybridized carbons (Fsp3) is 0.382. The van der Waals surface area contributed by atoms with Gasteiger partial charge in [0.1, 0.15) is 28.9 Å². The van der Waals surface area contributed by atoms with Gasteiger partial charge >= 0.3 is 6.09 Å². The molecule has 1 atom stereocenters. The van der Waals surface area contributed by atoms with Gasteiger partial charge < -0.3 is 24.6 Å². The zero-order valence-electron chi connectivity index (χ0n) is 27.3. The summed E-state index contributed by atoms with van der Waals surface area (Å²) in [5.74, 6) is -0.902. The lowest BCUT2D eigenvalue weighted by molar-refractivity contribution is -0.118. The predicted octanol–water partition coefficient (Wildman–Crippen LogP) is 6.06. The number of nitrogens with one attached hydrogen (secondary N) is 1. The summed E-state index contributed by atoms with van der Waals surface area (Å²) in [5, 5.41) is 3.40. The van der Waals surface area contributed by atoms with Crippen LogP contribution in [0.25, 0.3) is 28.0 Å². The first-order valence-corrected chi connectivity index (χ1v) is 15.7. The lowest BCUT2D eigenvalue weighted by Crippen LogP contribution is -2.62. The molecule has 47 heavy (non-hydrogen) atoms. The molecule has 1 fully saturated rings. The van der Waals surface area contributed by atoms with E-state index in [0.29, 0.717) is 22.5 Å². The minimum absolute atomic E-state index is 0.0373. The average molecular weight is 663 g/mol. The molecule has 0 saturated carbocycles. The van der Waals surface area contributed by atoms with Crippen LogP contribution in [0.2, 0.25) is 5.02 Å². The highest BCUT2D eigenvalue weighted by Gasteiger charge is 2.42. The van der Waals surface area contributed by atoms with E-state index in [9.17, 15) is 14.4 Å². The van der Waals surface area contributed by atoms with Crippen molar-refractivity contribution in [3.8, 4) is 22.7 Å². The molecule has 2 aliphatic heterocycles. The van der Waals surface area contributed by atoms with Gasteiger partial charge in [0.25, 0.3) is 5.56 Å². The number of fused-ring (bicyclic) bond motifs is 5. The van der Waals surface area contributed by atoms with Gasteiger partial charge in [0.15, 0.2) is 5.65 Å². The Kier molecular flexibility index (Phi) is 8.11. The van der Waals surface area contributed by atoms with Gasteiger partial charge in [-0.2, -0.15) is 0 Å². The first-order chi connectivity index (χ1) is 22.2. The Morgan fingerprint density at radius 2 is 1.89 bits per heavy atom. The average Bonchev–Trinajstić information content (AvgIpc) is 3.00. The Morgan fingerprint density at radius 1 is 1.15 bits per heavy atom. The number of carbonyl (C=O) groups excluding carboxylic acids is 2. The van der Waals surface area contributed by atoms with E-state index in [2.05, 4.69) is 10.3 Å². The quantitative estimate of drug-likeness (QED) is 0.280. The van der Waals surface area contributed by atoms with Gasteiger partial charge in [-0.05, 0) is 63.4 Å². The van der Waals surface area contributed by atoms with Crippen LogP contribution in [0, 0.1) is 12.7 Å². The van der Waals surface area contributed by atoms with Crippen molar-refractivity contribution in [2.45, 2.75) is 59.1 Å². The van der Waals surface area contributed by atoms with Crippen LogP contribution in [0.15, 0.2) is 41.3 Å². The van der Waals surface area contributed by atoms with E-state index < -0.39 is 35.0 Å². The third kappa shape index (κ3) is 5.54. The fourth-order valence-corrected chi connectivity index (χ4v) is 6.47. The number of pyridine rings is 3. The summed E-state index contributed by atoms with van der Waals surface area (Å²) in [4.78, 5) is 54.1. The molecule has 0 bridgehead atoms. The van der Waals surface area contributed by atoms with E-state index in [-0.39, 0.29) is 58.9 Å². The number of nitrogens with zero attached hydrogens (tertiary/aromatic N) is 5. The van der Waals surface area contributed by atoms with Gasteiger partial charge in [0.05, 0.1) is 47.0 Å². The van der Waals surface area contributed by atoms with E-state index in [0.717, 1.165) is 5.56 Å². The number of ether oxygens (including phenoxy) is 2. The van der Waals surface area contributed by atoms with Crippen molar-refractivity contribution in [2.75, 3.05) is 37.0 Å². The zero-order chi connectivity index (χ0) is 33.9. The summed E-state index contributed by atoms with van der Waals surface area (Å²) in [6.45, 7) is 11.6. The molecule has 4 aromatic rings. The Labute approximate surface area is 276 Å². The number of hydrogen-bond donors (Lipinski definition) is 1. The molecule has 6 rings (SSSR count). The van der Waals surface area contributed by atoms with E-state index in [1.54, 1.807) is 45.2 Å². The molecule has 11 nitrogen and oxygen atoms in total. The lowest BCUT2D eigenvalue weighted by Gasteiger charge is -2.45. The third-order valence-corrected chi connectivity index (χ3v) is 8.59. The second-order valence-corrected chi connectivity index (χ2v) is 13.4. The van der Waals surface area contributed by atoms with Crippen molar-refractivity contribution in [3.63, 3.8) is 0 Å². The number of aryl methyl sites for hydroxylation is 1. The molecular formula is C34H36ClFN6O5. The zero-order valence-corrected chi connectivity index (χ0v) is 28.0. The summed E-state index contributed by atoms with van der Waals surface area (Å²) < 4.78 is 27.9. The van der Waals surface area contributed by atoms with Crippen LogP contribution in [0.5, 0.6) is 5.75 Å². The number of benzene rings is 1. The first kappa shape index (κ1) is 32.2.